The van der Waals surface area contributed by atoms with Gasteiger partial charge in [-0.1, -0.05) is 48.5 Å². The van der Waals surface area contributed by atoms with Crippen molar-refractivity contribution in [3.05, 3.63) is 89.7 Å². The van der Waals surface area contributed by atoms with E-state index < -0.39 is 0 Å². The Balaban J connectivity index is 1.34. The zero-order chi connectivity index (χ0) is 21.2. The fraction of sp³-hybridized carbons (Fsp3) is 0.269. The third-order valence-electron chi connectivity index (χ3n) is 6.30. The Morgan fingerprint density at radius 1 is 0.710 bits per heavy atom. The molecule has 0 atom stereocenters. The zero-order valence-electron chi connectivity index (χ0n) is 17.5. The van der Waals surface area contributed by atoms with E-state index in [1.807, 2.05) is 53.4 Å². The highest BCUT2D eigenvalue weighted by molar-refractivity contribution is 6.03. The molecule has 0 N–H and O–H groups in total. The van der Waals surface area contributed by atoms with E-state index in [1.165, 1.54) is 17.2 Å². The van der Waals surface area contributed by atoms with Crippen molar-refractivity contribution in [3.63, 3.8) is 0 Å². The number of carbonyl (C=O) groups is 1. The first-order valence-electron chi connectivity index (χ1n) is 10.9. The molecule has 1 amide bonds. The van der Waals surface area contributed by atoms with Crippen LogP contribution in [0, 0.1) is 5.82 Å². The number of nitrogens with zero attached hydrogens (tertiary/aromatic N) is 3. The summed E-state index contributed by atoms with van der Waals surface area (Å²) < 4.78 is 14.1. The molecule has 2 heterocycles. The Morgan fingerprint density at radius 3 is 1.81 bits per heavy atom. The van der Waals surface area contributed by atoms with E-state index in [1.54, 1.807) is 6.07 Å². The third kappa shape index (κ3) is 3.93. The summed E-state index contributed by atoms with van der Waals surface area (Å²) in [5.41, 5.74) is 5.03. The molecule has 4 nitrogen and oxygen atoms in total. The van der Waals surface area contributed by atoms with Crippen LogP contribution >= 0.6 is 0 Å². The lowest BCUT2D eigenvalue weighted by Crippen LogP contribution is -2.50. The smallest absolute Gasteiger partial charge is 0.245 e. The molecule has 0 aromatic heterocycles. The molecule has 5 heteroatoms. The number of carbonyl (C=O) groups excluding carboxylic acids is 1. The van der Waals surface area contributed by atoms with E-state index in [0.717, 1.165) is 37.3 Å². The van der Waals surface area contributed by atoms with Crippen LogP contribution in [0.4, 0.5) is 21.5 Å². The first kappa shape index (κ1) is 19.8. The summed E-state index contributed by atoms with van der Waals surface area (Å²) in [6.45, 7) is 3.24. The molecule has 2 aliphatic heterocycles. The molecule has 31 heavy (non-hydrogen) atoms. The van der Waals surface area contributed by atoms with Crippen molar-refractivity contribution in [3.8, 4) is 0 Å². The molecular formula is C26H26FN3O. The lowest BCUT2D eigenvalue weighted by atomic mass is 10.0. The number of halogens is 1. The van der Waals surface area contributed by atoms with Gasteiger partial charge in [0, 0.05) is 26.2 Å². The van der Waals surface area contributed by atoms with Crippen molar-refractivity contribution in [2.24, 2.45) is 0 Å². The quantitative estimate of drug-likeness (QED) is 0.634. The summed E-state index contributed by atoms with van der Waals surface area (Å²) in [5, 5.41) is 0. The SMILES string of the molecule is O=C(CN1CCN(c2ccccc2F)CC1)N1c2ccccc2CCc2ccccc21. The Kier molecular flexibility index (Phi) is 5.43. The first-order chi connectivity index (χ1) is 15.2. The van der Waals surface area contributed by atoms with Crippen LogP contribution in [0.2, 0.25) is 0 Å². The molecule has 3 aromatic rings. The fourth-order valence-corrected chi connectivity index (χ4v) is 4.67. The van der Waals surface area contributed by atoms with Crippen LogP contribution in [-0.4, -0.2) is 43.5 Å². The summed E-state index contributed by atoms with van der Waals surface area (Å²) in [4.78, 5) is 19.7. The number of para-hydroxylation sites is 3. The van der Waals surface area contributed by atoms with Crippen molar-refractivity contribution < 1.29 is 9.18 Å². The standard InChI is InChI=1S/C26H26FN3O/c27-22-9-3-6-12-25(22)29-17-15-28(16-18-29)19-26(31)30-23-10-4-1-7-20(23)13-14-21-8-2-5-11-24(21)30/h1-12H,13-19H2. The molecule has 0 unspecified atom stereocenters. The number of anilines is 3. The van der Waals surface area contributed by atoms with Crippen LogP contribution in [-0.2, 0) is 17.6 Å². The Labute approximate surface area is 182 Å². The summed E-state index contributed by atoms with van der Waals surface area (Å²) >= 11 is 0. The van der Waals surface area contributed by atoms with Crippen LogP contribution in [0.15, 0.2) is 72.8 Å². The highest BCUT2D eigenvalue weighted by atomic mass is 19.1. The molecule has 3 aromatic carbocycles. The number of hydrogen-bond donors (Lipinski definition) is 0. The van der Waals surface area contributed by atoms with E-state index in [2.05, 4.69) is 21.9 Å². The van der Waals surface area contributed by atoms with E-state index in [4.69, 9.17) is 0 Å². The van der Waals surface area contributed by atoms with Crippen molar-refractivity contribution in [2.45, 2.75) is 12.8 Å². The predicted octanol–water partition coefficient (Wildman–Crippen LogP) is 4.41. The molecule has 0 bridgehead atoms. The second-order valence-corrected chi connectivity index (χ2v) is 8.20. The van der Waals surface area contributed by atoms with Crippen LogP contribution in [0.25, 0.3) is 0 Å². The van der Waals surface area contributed by atoms with Gasteiger partial charge in [-0.15, -0.1) is 0 Å². The molecule has 0 radical (unpaired) electrons. The van der Waals surface area contributed by atoms with Gasteiger partial charge in [-0.3, -0.25) is 14.6 Å². The van der Waals surface area contributed by atoms with Gasteiger partial charge < -0.3 is 4.90 Å². The second-order valence-electron chi connectivity index (χ2n) is 8.20. The van der Waals surface area contributed by atoms with Gasteiger partial charge in [0.1, 0.15) is 5.82 Å². The molecule has 0 spiro atoms. The highest BCUT2D eigenvalue weighted by Gasteiger charge is 2.28. The number of aryl methyl sites for hydroxylation is 2. The van der Waals surface area contributed by atoms with Crippen LogP contribution in [0.1, 0.15) is 11.1 Å². The Morgan fingerprint density at radius 2 is 1.23 bits per heavy atom. The maximum absolute atomic E-state index is 14.1. The number of hydrogen-bond acceptors (Lipinski definition) is 3. The predicted molar refractivity (Wildman–Crippen MR) is 122 cm³/mol. The van der Waals surface area contributed by atoms with Gasteiger partial charge in [-0.05, 0) is 48.2 Å². The van der Waals surface area contributed by atoms with Crippen LogP contribution < -0.4 is 9.80 Å². The van der Waals surface area contributed by atoms with Crippen molar-refractivity contribution in [2.75, 3.05) is 42.5 Å². The van der Waals surface area contributed by atoms with Crippen molar-refractivity contribution in [1.82, 2.24) is 4.90 Å². The number of amides is 1. The molecule has 0 aliphatic carbocycles. The van der Waals surface area contributed by atoms with Gasteiger partial charge in [-0.25, -0.2) is 4.39 Å². The van der Waals surface area contributed by atoms with Crippen molar-refractivity contribution >= 4 is 23.0 Å². The zero-order valence-corrected chi connectivity index (χ0v) is 17.5. The fourth-order valence-electron chi connectivity index (χ4n) is 4.67. The minimum atomic E-state index is -0.190. The van der Waals surface area contributed by atoms with Gasteiger partial charge in [0.15, 0.2) is 0 Å². The first-order valence-corrected chi connectivity index (χ1v) is 10.9. The van der Waals surface area contributed by atoms with Gasteiger partial charge in [0.05, 0.1) is 23.6 Å². The summed E-state index contributed by atoms with van der Waals surface area (Å²) in [7, 11) is 0. The second kappa shape index (κ2) is 8.52. The van der Waals surface area contributed by atoms with E-state index in [-0.39, 0.29) is 11.7 Å². The molecule has 1 fully saturated rings. The van der Waals surface area contributed by atoms with Crippen LogP contribution in [0.3, 0.4) is 0 Å². The normalized spacial score (nSPS) is 16.4. The van der Waals surface area contributed by atoms with E-state index >= 15 is 0 Å². The maximum Gasteiger partial charge on any atom is 0.245 e. The lowest BCUT2D eigenvalue weighted by Gasteiger charge is -2.37. The van der Waals surface area contributed by atoms with E-state index in [9.17, 15) is 9.18 Å². The van der Waals surface area contributed by atoms with E-state index in [0.29, 0.717) is 25.3 Å². The number of piperazine rings is 1. The number of rotatable bonds is 3. The average Bonchev–Trinajstić information content (AvgIpc) is 2.97. The van der Waals surface area contributed by atoms with Crippen molar-refractivity contribution in [1.29, 1.82) is 0 Å². The largest absolute Gasteiger partial charge is 0.367 e. The Bertz CT molecular complexity index is 1040. The van der Waals surface area contributed by atoms with Gasteiger partial charge in [0.25, 0.3) is 0 Å². The minimum Gasteiger partial charge on any atom is -0.367 e. The summed E-state index contributed by atoms with van der Waals surface area (Å²) in [6.07, 6.45) is 1.86. The third-order valence-corrected chi connectivity index (χ3v) is 6.30. The molecular weight excluding hydrogens is 389 g/mol. The summed E-state index contributed by atoms with van der Waals surface area (Å²) in [6, 6.07) is 23.3. The number of fused-ring (bicyclic) bond motifs is 2. The van der Waals surface area contributed by atoms with Gasteiger partial charge in [0.2, 0.25) is 5.91 Å². The number of benzene rings is 3. The highest BCUT2D eigenvalue weighted by Crippen LogP contribution is 2.36. The molecule has 2 aliphatic rings. The minimum absolute atomic E-state index is 0.0844. The molecule has 5 rings (SSSR count). The molecule has 0 saturated carbocycles. The topological polar surface area (TPSA) is 26.8 Å². The lowest BCUT2D eigenvalue weighted by molar-refractivity contribution is -0.119. The monoisotopic (exact) mass is 415 g/mol. The molecule has 1 saturated heterocycles. The maximum atomic E-state index is 14.1. The molecule has 158 valence electrons. The summed E-state index contributed by atoms with van der Waals surface area (Å²) in [5.74, 6) is -0.106. The Hall–Kier alpha value is -3.18. The van der Waals surface area contributed by atoms with Crippen LogP contribution in [0.5, 0.6) is 0 Å². The average molecular weight is 416 g/mol. The van der Waals surface area contributed by atoms with Gasteiger partial charge in [-0.2, -0.15) is 0 Å². The van der Waals surface area contributed by atoms with Gasteiger partial charge >= 0.3 is 0 Å².